The van der Waals surface area contributed by atoms with Crippen molar-refractivity contribution in [2.24, 2.45) is 11.1 Å². The van der Waals surface area contributed by atoms with Crippen molar-refractivity contribution in [1.29, 1.82) is 0 Å². The van der Waals surface area contributed by atoms with Crippen molar-refractivity contribution in [3.05, 3.63) is 28.8 Å². The van der Waals surface area contributed by atoms with E-state index in [9.17, 15) is 5.11 Å². The molecule has 2 heteroatoms. The SMILES string of the molecule is Cc1cc(C(N)C(C)(C)C)c(C)cc1O. The van der Waals surface area contributed by atoms with Crippen LogP contribution in [0, 0.1) is 19.3 Å². The van der Waals surface area contributed by atoms with E-state index in [0.29, 0.717) is 5.75 Å². The molecule has 0 aliphatic heterocycles. The van der Waals surface area contributed by atoms with Gasteiger partial charge in [0.25, 0.3) is 0 Å². The van der Waals surface area contributed by atoms with Crippen LogP contribution in [0.2, 0.25) is 0 Å². The van der Waals surface area contributed by atoms with Gasteiger partial charge in [-0.05, 0) is 42.0 Å². The molecular formula is C13H21NO. The van der Waals surface area contributed by atoms with Gasteiger partial charge in [0.15, 0.2) is 0 Å². The predicted octanol–water partition coefficient (Wildman–Crippen LogP) is 3.05. The topological polar surface area (TPSA) is 46.2 Å². The lowest BCUT2D eigenvalue weighted by molar-refractivity contribution is 0.325. The van der Waals surface area contributed by atoms with Gasteiger partial charge in [-0.15, -0.1) is 0 Å². The molecule has 1 aromatic carbocycles. The smallest absolute Gasteiger partial charge is 0.118 e. The summed E-state index contributed by atoms with van der Waals surface area (Å²) in [6.45, 7) is 10.3. The standard InChI is InChI=1S/C13H21NO/c1-8-7-11(15)9(2)6-10(8)12(14)13(3,4)5/h6-7,12,15H,14H2,1-5H3. The zero-order chi connectivity index (χ0) is 11.8. The predicted molar refractivity (Wildman–Crippen MR) is 64.0 cm³/mol. The van der Waals surface area contributed by atoms with E-state index in [1.54, 1.807) is 6.07 Å². The fourth-order valence-corrected chi connectivity index (χ4v) is 1.62. The van der Waals surface area contributed by atoms with Gasteiger partial charge in [0.05, 0.1) is 0 Å². The first kappa shape index (κ1) is 12.1. The van der Waals surface area contributed by atoms with Gasteiger partial charge < -0.3 is 10.8 Å². The highest BCUT2D eigenvalue weighted by Gasteiger charge is 2.24. The summed E-state index contributed by atoms with van der Waals surface area (Å²) in [5.41, 5.74) is 9.31. The Bertz CT molecular complexity index is 364. The second-order valence-electron chi connectivity index (χ2n) is 5.34. The van der Waals surface area contributed by atoms with Crippen LogP contribution in [-0.4, -0.2) is 5.11 Å². The van der Waals surface area contributed by atoms with Gasteiger partial charge in [-0.2, -0.15) is 0 Å². The van der Waals surface area contributed by atoms with Gasteiger partial charge in [0.1, 0.15) is 5.75 Å². The third-order valence-electron chi connectivity index (χ3n) is 2.85. The Morgan fingerprint density at radius 2 is 1.67 bits per heavy atom. The van der Waals surface area contributed by atoms with E-state index in [0.717, 1.165) is 16.7 Å². The maximum absolute atomic E-state index is 9.57. The van der Waals surface area contributed by atoms with Crippen LogP contribution in [0.4, 0.5) is 0 Å². The molecule has 15 heavy (non-hydrogen) atoms. The molecule has 84 valence electrons. The lowest BCUT2D eigenvalue weighted by Crippen LogP contribution is -2.27. The number of aromatic hydroxyl groups is 1. The summed E-state index contributed by atoms with van der Waals surface area (Å²) in [7, 11) is 0. The highest BCUT2D eigenvalue weighted by molar-refractivity contribution is 5.42. The highest BCUT2D eigenvalue weighted by Crippen LogP contribution is 2.34. The van der Waals surface area contributed by atoms with Crippen LogP contribution in [0.25, 0.3) is 0 Å². The van der Waals surface area contributed by atoms with Gasteiger partial charge in [-0.1, -0.05) is 26.8 Å². The summed E-state index contributed by atoms with van der Waals surface area (Å²) in [6, 6.07) is 3.77. The molecule has 0 saturated carbocycles. The van der Waals surface area contributed by atoms with Gasteiger partial charge in [0, 0.05) is 6.04 Å². The Kier molecular flexibility index (Phi) is 3.10. The summed E-state index contributed by atoms with van der Waals surface area (Å²) in [5.74, 6) is 0.345. The van der Waals surface area contributed by atoms with Crippen LogP contribution < -0.4 is 5.73 Å². The number of phenolic OH excluding ortho intramolecular Hbond substituents is 1. The molecule has 1 unspecified atom stereocenters. The first-order chi connectivity index (χ1) is 6.73. The zero-order valence-electron chi connectivity index (χ0n) is 10.3. The van der Waals surface area contributed by atoms with Gasteiger partial charge in [-0.3, -0.25) is 0 Å². The third kappa shape index (κ3) is 2.51. The molecule has 1 atom stereocenters. The number of aryl methyl sites for hydroxylation is 2. The zero-order valence-corrected chi connectivity index (χ0v) is 10.3. The first-order valence-corrected chi connectivity index (χ1v) is 5.29. The molecule has 0 saturated heterocycles. The van der Waals surface area contributed by atoms with E-state index in [1.807, 2.05) is 19.9 Å². The van der Waals surface area contributed by atoms with E-state index in [-0.39, 0.29) is 11.5 Å². The summed E-state index contributed by atoms with van der Waals surface area (Å²) >= 11 is 0. The van der Waals surface area contributed by atoms with Crippen molar-refractivity contribution in [1.82, 2.24) is 0 Å². The van der Waals surface area contributed by atoms with Crippen LogP contribution in [-0.2, 0) is 0 Å². The molecule has 0 heterocycles. The highest BCUT2D eigenvalue weighted by atomic mass is 16.3. The molecule has 0 radical (unpaired) electrons. The fraction of sp³-hybridized carbons (Fsp3) is 0.538. The van der Waals surface area contributed by atoms with Crippen LogP contribution in [0.5, 0.6) is 5.75 Å². The fourth-order valence-electron chi connectivity index (χ4n) is 1.62. The maximum atomic E-state index is 9.57. The minimum atomic E-state index is -0.00296. The van der Waals surface area contributed by atoms with E-state index in [1.165, 1.54) is 0 Å². The normalized spacial score (nSPS) is 14.0. The number of hydrogen-bond donors (Lipinski definition) is 2. The van der Waals surface area contributed by atoms with E-state index < -0.39 is 0 Å². The van der Waals surface area contributed by atoms with Crippen molar-refractivity contribution in [2.75, 3.05) is 0 Å². The number of phenols is 1. The Morgan fingerprint density at radius 1 is 1.13 bits per heavy atom. The monoisotopic (exact) mass is 207 g/mol. The Balaban J connectivity index is 3.21. The Labute approximate surface area is 92.1 Å². The molecule has 0 bridgehead atoms. The second kappa shape index (κ2) is 3.86. The van der Waals surface area contributed by atoms with Crippen LogP contribution >= 0.6 is 0 Å². The van der Waals surface area contributed by atoms with E-state index in [2.05, 4.69) is 20.8 Å². The number of rotatable bonds is 1. The molecule has 0 amide bonds. The molecule has 0 spiro atoms. The quantitative estimate of drug-likeness (QED) is 0.743. The van der Waals surface area contributed by atoms with Crippen LogP contribution in [0.1, 0.15) is 43.5 Å². The number of hydrogen-bond acceptors (Lipinski definition) is 2. The summed E-state index contributed by atoms with van der Waals surface area (Å²) < 4.78 is 0. The first-order valence-electron chi connectivity index (χ1n) is 5.29. The third-order valence-corrected chi connectivity index (χ3v) is 2.85. The van der Waals surface area contributed by atoms with Crippen molar-refractivity contribution in [3.63, 3.8) is 0 Å². The van der Waals surface area contributed by atoms with Gasteiger partial charge >= 0.3 is 0 Å². The van der Waals surface area contributed by atoms with Crippen LogP contribution in [0.15, 0.2) is 12.1 Å². The van der Waals surface area contributed by atoms with Crippen molar-refractivity contribution in [3.8, 4) is 5.75 Å². The largest absolute Gasteiger partial charge is 0.508 e. The molecular weight excluding hydrogens is 186 g/mol. The number of benzene rings is 1. The lowest BCUT2D eigenvalue weighted by atomic mass is 9.81. The van der Waals surface area contributed by atoms with Gasteiger partial charge in [0.2, 0.25) is 0 Å². The van der Waals surface area contributed by atoms with E-state index >= 15 is 0 Å². The van der Waals surface area contributed by atoms with Crippen LogP contribution in [0.3, 0.4) is 0 Å². The molecule has 0 fully saturated rings. The van der Waals surface area contributed by atoms with E-state index in [4.69, 9.17) is 5.73 Å². The Hall–Kier alpha value is -1.02. The summed E-state index contributed by atoms with van der Waals surface area (Å²) in [5, 5.41) is 9.57. The molecule has 0 aliphatic rings. The van der Waals surface area contributed by atoms with Crippen molar-refractivity contribution >= 4 is 0 Å². The minimum Gasteiger partial charge on any atom is -0.508 e. The molecule has 1 aromatic rings. The lowest BCUT2D eigenvalue weighted by Gasteiger charge is -2.29. The molecule has 2 nitrogen and oxygen atoms in total. The molecule has 3 N–H and O–H groups in total. The Morgan fingerprint density at radius 3 is 2.13 bits per heavy atom. The number of nitrogens with two attached hydrogens (primary N) is 1. The summed E-state index contributed by atoms with van der Waals surface area (Å²) in [4.78, 5) is 0. The summed E-state index contributed by atoms with van der Waals surface area (Å²) in [6.07, 6.45) is 0. The average molecular weight is 207 g/mol. The van der Waals surface area contributed by atoms with Crippen molar-refractivity contribution in [2.45, 2.75) is 40.7 Å². The van der Waals surface area contributed by atoms with Gasteiger partial charge in [-0.25, -0.2) is 0 Å². The molecule has 1 rings (SSSR count). The molecule has 0 aromatic heterocycles. The second-order valence-corrected chi connectivity index (χ2v) is 5.34. The maximum Gasteiger partial charge on any atom is 0.118 e. The van der Waals surface area contributed by atoms with Crippen molar-refractivity contribution < 1.29 is 5.11 Å². The average Bonchev–Trinajstić information content (AvgIpc) is 2.08. The minimum absolute atomic E-state index is 0.00296. The molecule has 0 aliphatic carbocycles.